The van der Waals surface area contributed by atoms with Crippen molar-refractivity contribution >= 4 is 33.6 Å². The number of benzene rings is 1. The first-order chi connectivity index (χ1) is 18.8. The van der Waals surface area contributed by atoms with Crippen LogP contribution in [0.1, 0.15) is 19.8 Å². The summed E-state index contributed by atoms with van der Waals surface area (Å²) in [6, 6.07) is 4.40. The van der Waals surface area contributed by atoms with Gasteiger partial charge in [-0.25, -0.2) is 23.9 Å². The normalized spacial score (nSPS) is 23.3. The number of rotatable bonds is 7. The van der Waals surface area contributed by atoms with E-state index in [9.17, 15) is 9.59 Å². The Balaban J connectivity index is 1.20. The fraction of sp³-hybridized carbons (Fsp3) is 0.481. The topological polar surface area (TPSA) is 109 Å². The molecule has 12 heteroatoms. The number of ether oxygens (including phenoxy) is 5. The first kappa shape index (κ1) is 25.8. The molecule has 1 amide bonds. The summed E-state index contributed by atoms with van der Waals surface area (Å²) in [6.07, 6.45) is 2.75. The molecule has 3 aliphatic rings. The number of hydrogen-bond acceptors (Lipinski definition) is 10. The molecule has 1 aromatic carbocycles. The molecule has 2 bridgehead atoms. The molecule has 1 saturated carbocycles. The van der Waals surface area contributed by atoms with Crippen LogP contribution in [-0.4, -0.2) is 78.7 Å². The molecule has 10 nitrogen and oxygen atoms in total. The van der Waals surface area contributed by atoms with Gasteiger partial charge in [0.2, 0.25) is 5.88 Å². The second-order valence-corrected chi connectivity index (χ2v) is 11.3. The lowest BCUT2D eigenvalue weighted by atomic mass is 9.84. The van der Waals surface area contributed by atoms with Gasteiger partial charge in [-0.15, -0.1) is 11.3 Å². The molecule has 0 radical (unpaired) electrons. The molecule has 1 aliphatic carbocycles. The summed E-state index contributed by atoms with van der Waals surface area (Å²) in [5.41, 5.74) is 1.20. The van der Waals surface area contributed by atoms with E-state index in [1.54, 1.807) is 17.0 Å². The molecule has 2 unspecified atom stereocenters. The Kier molecular flexibility index (Phi) is 6.76. The van der Waals surface area contributed by atoms with E-state index < -0.39 is 11.8 Å². The lowest BCUT2D eigenvalue weighted by Gasteiger charge is -2.46. The Morgan fingerprint density at radius 2 is 1.95 bits per heavy atom. The van der Waals surface area contributed by atoms with Crippen LogP contribution in [-0.2, 0) is 19.0 Å². The van der Waals surface area contributed by atoms with E-state index in [1.807, 2.05) is 12.3 Å². The molecule has 206 valence electrons. The second kappa shape index (κ2) is 10.2. The Labute approximate surface area is 228 Å². The van der Waals surface area contributed by atoms with E-state index in [0.29, 0.717) is 53.5 Å². The van der Waals surface area contributed by atoms with Crippen LogP contribution in [0.15, 0.2) is 29.9 Å². The van der Waals surface area contributed by atoms with Crippen LogP contribution >= 0.6 is 11.3 Å². The number of nitrogens with zero attached hydrogens (tertiary/aromatic N) is 3. The monoisotopic (exact) mass is 557 g/mol. The Hall–Kier alpha value is -3.51. The minimum Gasteiger partial charge on any atom is -0.482 e. The molecule has 0 N–H and O–H groups in total. The Bertz CT molecular complexity index is 1400. The van der Waals surface area contributed by atoms with Gasteiger partial charge in [0.1, 0.15) is 34.3 Å². The van der Waals surface area contributed by atoms with E-state index in [4.69, 9.17) is 18.9 Å². The zero-order valence-corrected chi connectivity index (χ0v) is 22.4. The second-order valence-electron chi connectivity index (χ2n) is 10.4. The quantitative estimate of drug-likeness (QED) is 0.397. The average molecular weight is 558 g/mol. The van der Waals surface area contributed by atoms with Crippen molar-refractivity contribution in [2.24, 2.45) is 11.8 Å². The fourth-order valence-corrected chi connectivity index (χ4v) is 5.98. The minimum atomic E-state index is -0.554. The highest BCUT2D eigenvalue weighted by molar-refractivity contribution is 7.18. The molecule has 3 aromatic rings. The summed E-state index contributed by atoms with van der Waals surface area (Å²) < 4.78 is 43.6. The Morgan fingerprint density at radius 3 is 2.64 bits per heavy atom. The lowest BCUT2D eigenvalue weighted by Crippen LogP contribution is -2.59. The molecule has 6 rings (SSSR count). The predicted molar refractivity (Wildman–Crippen MR) is 138 cm³/mol. The van der Waals surface area contributed by atoms with Crippen LogP contribution < -0.4 is 9.47 Å². The van der Waals surface area contributed by atoms with Gasteiger partial charge in [-0.1, -0.05) is 0 Å². The number of fused-ring (bicyclic) bond motifs is 3. The van der Waals surface area contributed by atoms with E-state index >= 15 is 4.39 Å². The van der Waals surface area contributed by atoms with Crippen LogP contribution in [0.3, 0.4) is 0 Å². The maximum Gasteiger partial charge on any atom is 0.410 e. The van der Waals surface area contributed by atoms with Crippen molar-refractivity contribution in [3.05, 3.63) is 35.7 Å². The van der Waals surface area contributed by atoms with Crippen molar-refractivity contribution in [3.63, 3.8) is 0 Å². The number of methoxy groups -OCH3 is 1. The maximum absolute atomic E-state index is 15.1. The van der Waals surface area contributed by atoms with E-state index in [-0.39, 0.29) is 42.0 Å². The number of halogens is 1. The summed E-state index contributed by atoms with van der Waals surface area (Å²) in [7, 11) is 1.26. The summed E-state index contributed by atoms with van der Waals surface area (Å²) in [6.45, 7) is 3.56. The van der Waals surface area contributed by atoms with Crippen molar-refractivity contribution < 1.29 is 37.7 Å². The number of piperidine rings is 1. The van der Waals surface area contributed by atoms with Crippen molar-refractivity contribution in [2.45, 2.75) is 31.5 Å². The molecule has 3 fully saturated rings. The molecular formula is C27H28FN3O7S. The highest BCUT2D eigenvalue weighted by atomic mass is 32.1. The third-order valence-electron chi connectivity index (χ3n) is 7.43. The molecule has 2 atom stereocenters. The van der Waals surface area contributed by atoms with E-state index in [1.165, 1.54) is 30.8 Å². The molecular weight excluding hydrogens is 529 g/mol. The summed E-state index contributed by atoms with van der Waals surface area (Å²) in [5.74, 6) is -0.480. The van der Waals surface area contributed by atoms with Gasteiger partial charge in [-0.05, 0) is 31.9 Å². The number of hydrogen-bond donors (Lipinski definition) is 0. The van der Waals surface area contributed by atoms with Gasteiger partial charge < -0.3 is 28.6 Å². The van der Waals surface area contributed by atoms with Gasteiger partial charge in [-0.2, -0.15) is 0 Å². The van der Waals surface area contributed by atoms with E-state index in [2.05, 4.69) is 14.7 Å². The van der Waals surface area contributed by atoms with Gasteiger partial charge in [-0.3, -0.25) is 0 Å². The summed E-state index contributed by atoms with van der Waals surface area (Å²) in [4.78, 5) is 34.6. The highest BCUT2D eigenvalue weighted by Crippen LogP contribution is 2.42. The number of esters is 1. The number of carbonyl (C=O) groups is 2. The molecule has 0 spiro atoms. The number of carbonyl (C=O) groups excluding carboxylic acids is 2. The molecule has 2 aliphatic heterocycles. The van der Waals surface area contributed by atoms with Crippen molar-refractivity contribution in [1.82, 2.24) is 14.9 Å². The van der Waals surface area contributed by atoms with Crippen LogP contribution in [0.2, 0.25) is 0 Å². The lowest BCUT2D eigenvalue weighted by molar-refractivity contribution is -0.142. The average Bonchev–Trinajstić information content (AvgIpc) is 3.48. The zero-order chi connectivity index (χ0) is 27.1. The highest BCUT2D eigenvalue weighted by Gasteiger charge is 2.47. The smallest absolute Gasteiger partial charge is 0.410 e. The third-order valence-corrected chi connectivity index (χ3v) is 8.39. The van der Waals surface area contributed by atoms with Crippen molar-refractivity contribution in [2.75, 3.05) is 40.0 Å². The predicted octanol–water partition coefficient (Wildman–Crippen LogP) is 4.06. The SMILES string of the molecule is COC(=O)COc1ccc(-c2csc3c(OC4C5COCC4CN(C(=O)OC4(C)CC4)C5)ncnc23)c(F)c1. The Morgan fingerprint density at radius 1 is 1.18 bits per heavy atom. The van der Waals surface area contributed by atoms with E-state index in [0.717, 1.165) is 12.8 Å². The summed E-state index contributed by atoms with van der Waals surface area (Å²) >= 11 is 1.38. The van der Waals surface area contributed by atoms with Crippen LogP contribution in [0.25, 0.3) is 21.3 Å². The van der Waals surface area contributed by atoms with Crippen molar-refractivity contribution in [3.8, 4) is 22.8 Å². The van der Waals surface area contributed by atoms with Crippen LogP contribution in [0, 0.1) is 17.7 Å². The van der Waals surface area contributed by atoms with Crippen molar-refractivity contribution in [1.29, 1.82) is 0 Å². The number of thiophene rings is 1. The summed E-state index contributed by atoms with van der Waals surface area (Å²) in [5, 5.41) is 1.82. The number of amides is 1. The van der Waals surface area contributed by atoms with Gasteiger partial charge in [0.05, 0.1) is 25.8 Å². The first-order valence-corrected chi connectivity index (χ1v) is 13.7. The molecule has 39 heavy (non-hydrogen) atoms. The number of aromatic nitrogens is 2. The van der Waals surface area contributed by atoms with Gasteiger partial charge in [0.15, 0.2) is 6.61 Å². The zero-order valence-electron chi connectivity index (χ0n) is 21.6. The standard InChI is InChI=1S/C27H28FN3O7S/c1-27(5-6-27)38-26(33)31-8-15-10-35-11-16(9-31)23(15)37-25-24-22(29-14-30-25)19(13-39-24)18-4-3-17(7-20(18)28)36-12-21(32)34-2/h3-4,7,13-16,23H,5-6,8-12H2,1-2H3. The van der Waals surface area contributed by atoms with Crippen LogP contribution in [0.4, 0.5) is 9.18 Å². The van der Waals surface area contributed by atoms with Gasteiger partial charge >= 0.3 is 12.1 Å². The minimum absolute atomic E-state index is 0.0310. The molecule has 2 saturated heterocycles. The first-order valence-electron chi connectivity index (χ1n) is 12.8. The van der Waals surface area contributed by atoms with Gasteiger partial charge in [0, 0.05) is 47.5 Å². The maximum atomic E-state index is 15.1. The molecule has 4 heterocycles. The third kappa shape index (κ3) is 5.22. The fourth-order valence-electron chi connectivity index (χ4n) is 5.03. The molecule has 2 aromatic heterocycles. The number of likely N-dealkylation sites (tertiary alicyclic amines) is 1. The largest absolute Gasteiger partial charge is 0.482 e. The van der Waals surface area contributed by atoms with Crippen LogP contribution in [0.5, 0.6) is 11.6 Å². The van der Waals surface area contributed by atoms with Gasteiger partial charge in [0.25, 0.3) is 0 Å².